The molecule has 0 spiro atoms. The van der Waals surface area contributed by atoms with Crippen molar-refractivity contribution in [1.82, 2.24) is 15.2 Å². The van der Waals surface area contributed by atoms with Gasteiger partial charge >= 0.3 is 0 Å². The second-order valence-electron chi connectivity index (χ2n) is 7.14. The molecule has 6 nitrogen and oxygen atoms in total. The smallest absolute Gasteiger partial charge is 0.253 e. The van der Waals surface area contributed by atoms with Gasteiger partial charge in [-0.25, -0.2) is 0 Å². The molecule has 2 N–H and O–H groups in total. The molecular weight excluding hydrogens is 434 g/mol. The molecule has 0 amide bonds. The summed E-state index contributed by atoms with van der Waals surface area (Å²) in [6, 6.07) is 15.1. The van der Waals surface area contributed by atoms with E-state index in [-0.39, 0.29) is 5.56 Å². The number of aromatic nitrogens is 1. The van der Waals surface area contributed by atoms with Crippen molar-refractivity contribution in [3.63, 3.8) is 0 Å². The van der Waals surface area contributed by atoms with Gasteiger partial charge in [-0.2, -0.15) is 0 Å². The molecule has 0 bridgehead atoms. The van der Waals surface area contributed by atoms with Crippen LogP contribution in [0.15, 0.2) is 53.3 Å². The Kier molecular flexibility index (Phi) is 8.28. The number of benzene rings is 2. The maximum Gasteiger partial charge on any atom is 0.253 e. The zero-order chi connectivity index (χ0) is 22.2. The van der Waals surface area contributed by atoms with Crippen molar-refractivity contribution in [3.05, 3.63) is 75.0 Å². The van der Waals surface area contributed by atoms with Crippen molar-refractivity contribution in [2.45, 2.75) is 19.5 Å². The van der Waals surface area contributed by atoms with Gasteiger partial charge in [0.15, 0.2) is 5.11 Å². The Balaban J connectivity index is 1.85. The Hall–Kier alpha value is -2.61. The molecule has 164 valence electrons. The van der Waals surface area contributed by atoms with Crippen molar-refractivity contribution >= 4 is 39.8 Å². The fourth-order valence-corrected chi connectivity index (χ4v) is 3.57. The van der Waals surface area contributed by atoms with Gasteiger partial charge in [0.1, 0.15) is 5.75 Å². The van der Waals surface area contributed by atoms with Crippen LogP contribution < -0.4 is 15.6 Å². The molecule has 3 rings (SSSR count). The molecule has 3 aromatic rings. The Bertz CT molecular complexity index is 1090. The Morgan fingerprint density at radius 1 is 1.13 bits per heavy atom. The zero-order valence-electron chi connectivity index (χ0n) is 17.6. The molecule has 0 saturated heterocycles. The zero-order valence-corrected chi connectivity index (χ0v) is 19.2. The highest BCUT2D eigenvalue weighted by molar-refractivity contribution is 7.80. The molecule has 1 aromatic heterocycles. The highest BCUT2D eigenvalue weighted by atomic mass is 35.5. The Morgan fingerprint density at radius 2 is 1.90 bits per heavy atom. The Labute approximate surface area is 192 Å². The summed E-state index contributed by atoms with van der Waals surface area (Å²) < 4.78 is 10.4. The summed E-state index contributed by atoms with van der Waals surface area (Å²) in [6.07, 6.45) is 0.835. The minimum atomic E-state index is -0.138. The molecule has 0 fully saturated rings. The van der Waals surface area contributed by atoms with E-state index in [2.05, 4.69) is 10.3 Å². The predicted octanol–water partition coefficient (Wildman–Crippen LogP) is 4.10. The third kappa shape index (κ3) is 6.43. The third-order valence-corrected chi connectivity index (χ3v) is 5.52. The molecule has 1 heterocycles. The number of methoxy groups -OCH3 is 2. The lowest BCUT2D eigenvalue weighted by Gasteiger charge is -2.26. The van der Waals surface area contributed by atoms with Crippen molar-refractivity contribution < 1.29 is 9.47 Å². The first-order valence-corrected chi connectivity index (χ1v) is 10.7. The van der Waals surface area contributed by atoms with Gasteiger partial charge in [0, 0.05) is 48.3 Å². The van der Waals surface area contributed by atoms with Gasteiger partial charge < -0.3 is 24.7 Å². The van der Waals surface area contributed by atoms with Gasteiger partial charge in [-0.3, -0.25) is 4.79 Å². The van der Waals surface area contributed by atoms with Crippen LogP contribution in [0, 0.1) is 0 Å². The number of halogens is 1. The topological polar surface area (TPSA) is 66.6 Å². The van der Waals surface area contributed by atoms with Crippen LogP contribution in [0.4, 0.5) is 0 Å². The van der Waals surface area contributed by atoms with Gasteiger partial charge in [-0.15, -0.1) is 0 Å². The quantitative estimate of drug-likeness (QED) is 0.371. The van der Waals surface area contributed by atoms with Crippen LogP contribution >= 0.6 is 23.8 Å². The summed E-state index contributed by atoms with van der Waals surface area (Å²) in [5.74, 6) is 0.735. The van der Waals surface area contributed by atoms with Gasteiger partial charge in [0.2, 0.25) is 0 Å². The van der Waals surface area contributed by atoms with Gasteiger partial charge in [-0.1, -0.05) is 23.7 Å². The molecular formula is C23H26ClN3O3S. The van der Waals surface area contributed by atoms with Crippen LogP contribution in [0.25, 0.3) is 10.9 Å². The van der Waals surface area contributed by atoms with Crippen molar-refractivity contribution in [3.8, 4) is 5.75 Å². The summed E-state index contributed by atoms with van der Waals surface area (Å²) in [7, 11) is 3.29. The molecule has 0 aliphatic heterocycles. The minimum absolute atomic E-state index is 0.138. The van der Waals surface area contributed by atoms with E-state index < -0.39 is 0 Å². The van der Waals surface area contributed by atoms with E-state index in [1.165, 1.54) is 0 Å². The molecule has 8 heteroatoms. The van der Waals surface area contributed by atoms with Gasteiger partial charge in [0.25, 0.3) is 5.56 Å². The second-order valence-corrected chi connectivity index (χ2v) is 7.96. The van der Waals surface area contributed by atoms with E-state index in [0.29, 0.717) is 41.9 Å². The monoisotopic (exact) mass is 459 g/mol. The molecule has 0 aliphatic carbocycles. The number of aromatic amines is 1. The van der Waals surface area contributed by atoms with Crippen molar-refractivity contribution in [2.75, 3.05) is 27.4 Å². The summed E-state index contributed by atoms with van der Waals surface area (Å²) in [4.78, 5) is 17.7. The van der Waals surface area contributed by atoms with E-state index in [4.69, 9.17) is 33.3 Å². The lowest BCUT2D eigenvalue weighted by atomic mass is 10.1. The number of ether oxygens (including phenoxy) is 2. The van der Waals surface area contributed by atoms with E-state index in [1.54, 1.807) is 14.2 Å². The predicted molar refractivity (Wildman–Crippen MR) is 129 cm³/mol. The van der Waals surface area contributed by atoms with E-state index in [0.717, 1.165) is 28.6 Å². The maximum atomic E-state index is 12.7. The number of hydrogen-bond donors (Lipinski definition) is 2. The average molecular weight is 460 g/mol. The van der Waals surface area contributed by atoms with Crippen LogP contribution in [0.3, 0.4) is 0 Å². The number of hydrogen-bond acceptors (Lipinski definition) is 4. The normalized spacial score (nSPS) is 10.8. The fourth-order valence-electron chi connectivity index (χ4n) is 3.21. The van der Waals surface area contributed by atoms with Gasteiger partial charge in [0.05, 0.1) is 13.7 Å². The maximum absolute atomic E-state index is 12.7. The first-order valence-electron chi connectivity index (χ1n) is 9.96. The van der Waals surface area contributed by atoms with Crippen molar-refractivity contribution in [1.29, 1.82) is 0 Å². The SMILES string of the molecule is COCCCNC(=S)N(Cc1ccc(Cl)cc1)Cc1cc2cc(OC)ccc2[nH]c1=O. The lowest BCUT2D eigenvalue weighted by molar-refractivity contribution is 0.195. The minimum Gasteiger partial charge on any atom is -0.497 e. The number of pyridine rings is 1. The first kappa shape index (κ1) is 23.1. The second kappa shape index (κ2) is 11.1. The third-order valence-electron chi connectivity index (χ3n) is 4.86. The number of H-pyrrole nitrogens is 1. The van der Waals surface area contributed by atoms with Crippen LogP contribution in [0.1, 0.15) is 17.5 Å². The largest absolute Gasteiger partial charge is 0.497 e. The molecule has 31 heavy (non-hydrogen) atoms. The fraction of sp³-hybridized carbons (Fsp3) is 0.304. The lowest BCUT2D eigenvalue weighted by Crippen LogP contribution is -2.40. The number of rotatable bonds is 9. The summed E-state index contributed by atoms with van der Waals surface area (Å²) in [5, 5.41) is 5.42. The summed E-state index contributed by atoms with van der Waals surface area (Å²) in [6.45, 7) is 2.25. The number of thiocarbonyl (C=S) groups is 1. The van der Waals surface area contributed by atoms with E-state index >= 15 is 0 Å². The van der Waals surface area contributed by atoms with E-state index in [1.807, 2.05) is 53.4 Å². The Morgan fingerprint density at radius 3 is 2.61 bits per heavy atom. The molecule has 0 aliphatic rings. The highest BCUT2D eigenvalue weighted by Crippen LogP contribution is 2.20. The first-order chi connectivity index (χ1) is 15.0. The molecule has 0 radical (unpaired) electrons. The standard InChI is InChI=1S/C23H26ClN3O3S/c1-29-11-3-10-25-23(31)27(14-16-4-6-19(24)7-5-16)15-18-12-17-13-20(30-2)8-9-21(17)26-22(18)28/h4-9,12-13H,3,10-11,14-15H2,1-2H3,(H,25,31)(H,26,28). The van der Waals surface area contributed by atoms with Gasteiger partial charge in [-0.05, 0) is 60.6 Å². The molecule has 0 atom stereocenters. The molecule has 2 aromatic carbocycles. The molecule has 0 unspecified atom stereocenters. The number of nitrogens with zero attached hydrogens (tertiary/aromatic N) is 1. The average Bonchev–Trinajstić information content (AvgIpc) is 2.77. The number of nitrogens with one attached hydrogen (secondary N) is 2. The van der Waals surface area contributed by atoms with E-state index in [9.17, 15) is 4.79 Å². The summed E-state index contributed by atoms with van der Waals surface area (Å²) >= 11 is 11.7. The molecule has 0 saturated carbocycles. The van der Waals surface area contributed by atoms with Crippen molar-refractivity contribution in [2.24, 2.45) is 0 Å². The van der Waals surface area contributed by atoms with Crippen LogP contribution in [-0.2, 0) is 17.8 Å². The van der Waals surface area contributed by atoms with Crippen LogP contribution in [0.5, 0.6) is 5.75 Å². The van der Waals surface area contributed by atoms with Crippen LogP contribution in [0.2, 0.25) is 5.02 Å². The highest BCUT2D eigenvalue weighted by Gasteiger charge is 2.14. The number of fused-ring (bicyclic) bond motifs is 1. The summed E-state index contributed by atoms with van der Waals surface area (Å²) in [5.41, 5.74) is 2.29. The van der Waals surface area contributed by atoms with Crippen LogP contribution in [-0.4, -0.2) is 42.4 Å².